The molecule has 0 heterocycles. The average Bonchev–Trinajstić information content (AvgIpc) is 2.67. The van der Waals surface area contributed by atoms with Gasteiger partial charge in [0.05, 0.1) is 0 Å². The number of halogens is 1. The number of hydrogen-bond acceptors (Lipinski definition) is 3. The van der Waals surface area contributed by atoms with Gasteiger partial charge in [-0.15, -0.1) is 11.8 Å². The third-order valence-electron chi connectivity index (χ3n) is 4.37. The molecular formula is C22H27ClN2O2S. The third-order valence-corrected chi connectivity index (χ3v) is 5.61. The number of nitrogens with one attached hydrogen (secondary N) is 1. The summed E-state index contributed by atoms with van der Waals surface area (Å²) in [5.41, 5.74) is 2.12. The maximum absolute atomic E-state index is 12.9. The lowest BCUT2D eigenvalue weighted by atomic mass is 10.1. The molecule has 0 spiro atoms. The van der Waals surface area contributed by atoms with E-state index in [1.165, 1.54) is 5.56 Å². The monoisotopic (exact) mass is 418 g/mol. The van der Waals surface area contributed by atoms with Gasteiger partial charge in [0.15, 0.2) is 0 Å². The van der Waals surface area contributed by atoms with E-state index in [0.717, 1.165) is 10.5 Å². The highest BCUT2D eigenvalue weighted by Gasteiger charge is 2.25. The van der Waals surface area contributed by atoms with Gasteiger partial charge < -0.3 is 10.2 Å². The zero-order valence-corrected chi connectivity index (χ0v) is 18.1. The normalized spacial score (nSPS) is 11.7. The minimum Gasteiger partial charge on any atom is -0.355 e. The second-order valence-corrected chi connectivity index (χ2v) is 8.24. The molecule has 2 aromatic carbocycles. The average molecular weight is 419 g/mol. The fourth-order valence-corrected chi connectivity index (χ4v) is 3.82. The summed E-state index contributed by atoms with van der Waals surface area (Å²) in [7, 11) is 0. The summed E-state index contributed by atoms with van der Waals surface area (Å²) in [5.74, 6) is 0.471. The summed E-state index contributed by atoms with van der Waals surface area (Å²) >= 11 is 7.72. The first-order valence-corrected chi connectivity index (χ1v) is 10.8. The smallest absolute Gasteiger partial charge is 0.242 e. The molecule has 2 amide bonds. The van der Waals surface area contributed by atoms with E-state index in [9.17, 15) is 9.59 Å². The van der Waals surface area contributed by atoms with Gasteiger partial charge in [0, 0.05) is 35.2 Å². The van der Waals surface area contributed by atoms with E-state index < -0.39 is 6.04 Å². The van der Waals surface area contributed by atoms with Gasteiger partial charge in [-0.3, -0.25) is 9.59 Å². The second-order valence-electron chi connectivity index (χ2n) is 6.63. The SMILES string of the molecule is CCNC(=O)[C@H](C)N(Cc1cccc(Cl)c1)C(=O)CCSc1ccc(C)cc1. The number of aryl methyl sites for hydroxylation is 1. The Kier molecular flexibility index (Phi) is 8.87. The molecule has 0 saturated heterocycles. The molecule has 6 heteroatoms. The molecule has 0 aliphatic carbocycles. The Hall–Kier alpha value is -1.98. The minimum atomic E-state index is -0.546. The van der Waals surface area contributed by atoms with Crippen LogP contribution < -0.4 is 5.32 Å². The molecule has 2 aromatic rings. The van der Waals surface area contributed by atoms with Crippen LogP contribution in [-0.2, 0) is 16.1 Å². The molecular weight excluding hydrogens is 392 g/mol. The van der Waals surface area contributed by atoms with Gasteiger partial charge in [0.25, 0.3) is 0 Å². The van der Waals surface area contributed by atoms with E-state index in [2.05, 4.69) is 36.5 Å². The Bertz CT molecular complexity index is 795. The van der Waals surface area contributed by atoms with Crippen molar-refractivity contribution < 1.29 is 9.59 Å². The molecule has 0 aromatic heterocycles. The molecule has 1 N–H and O–H groups in total. The Morgan fingerprint density at radius 2 is 1.89 bits per heavy atom. The lowest BCUT2D eigenvalue weighted by Gasteiger charge is -2.28. The van der Waals surface area contributed by atoms with Crippen molar-refractivity contribution in [1.29, 1.82) is 0 Å². The maximum atomic E-state index is 12.9. The van der Waals surface area contributed by atoms with Crippen LogP contribution in [-0.4, -0.2) is 35.1 Å². The first-order valence-electron chi connectivity index (χ1n) is 9.41. The van der Waals surface area contributed by atoms with Crippen LogP contribution in [0.25, 0.3) is 0 Å². The highest BCUT2D eigenvalue weighted by molar-refractivity contribution is 7.99. The van der Waals surface area contributed by atoms with Gasteiger partial charge in [-0.2, -0.15) is 0 Å². The predicted molar refractivity (Wildman–Crippen MR) is 117 cm³/mol. The predicted octanol–water partition coefficient (Wildman–Crippen LogP) is 4.68. The van der Waals surface area contributed by atoms with Crippen LogP contribution in [0.15, 0.2) is 53.4 Å². The van der Waals surface area contributed by atoms with Crippen LogP contribution in [0.4, 0.5) is 0 Å². The Balaban J connectivity index is 2.04. The van der Waals surface area contributed by atoms with Crippen LogP contribution in [0.3, 0.4) is 0 Å². The van der Waals surface area contributed by atoms with Crippen molar-refractivity contribution in [1.82, 2.24) is 10.2 Å². The Morgan fingerprint density at radius 3 is 2.54 bits per heavy atom. The first kappa shape index (κ1) is 22.3. The van der Waals surface area contributed by atoms with Crippen molar-refractivity contribution in [2.45, 2.75) is 44.7 Å². The first-order chi connectivity index (χ1) is 13.4. The Labute approximate surface area is 176 Å². The Morgan fingerprint density at radius 1 is 1.18 bits per heavy atom. The van der Waals surface area contributed by atoms with E-state index in [-0.39, 0.29) is 11.8 Å². The minimum absolute atomic E-state index is 0.0432. The topological polar surface area (TPSA) is 49.4 Å². The largest absolute Gasteiger partial charge is 0.355 e. The van der Waals surface area contributed by atoms with Gasteiger partial charge in [0.1, 0.15) is 6.04 Å². The lowest BCUT2D eigenvalue weighted by Crippen LogP contribution is -2.47. The van der Waals surface area contributed by atoms with Gasteiger partial charge in [-0.1, -0.05) is 41.4 Å². The number of thioether (sulfide) groups is 1. The highest BCUT2D eigenvalue weighted by atomic mass is 35.5. The molecule has 0 aliphatic heterocycles. The zero-order chi connectivity index (χ0) is 20.5. The summed E-state index contributed by atoms with van der Waals surface area (Å²) in [6, 6.07) is 15.1. The van der Waals surface area contributed by atoms with Crippen molar-refractivity contribution in [3.63, 3.8) is 0 Å². The summed E-state index contributed by atoms with van der Waals surface area (Å²) in [6.07, 6.45) is 0.364. The number of amides is 2. The quantitative estimate of drug-likeness (QED) is 0.601. The van der Waals surface area contributed by atoms with E-state index >= 15 is 0 Å². The van der Waals surface area contributed by atoms with Crippen LogP contribution in [0, 0.1) is 6.92 Å². The van der Waals surface area contributed by atoms with Crippen LogP contribution in [0.2, 0.25) is 5.02 Å². The number of carbonyl (C=O) groups is 2. The number of likely N-dealkylation sites (N-methyl/N-ethyl adjacent to an activating group) is 1. The molecule has 0 radical (unpaired) electrons. The number of nitrogens with zero attached hydrogens (tertiary/aromatic N) is 1. The maximum Gasteiger partial charge on any atom is 0.242 e. The van der Waals surface area contributed by atoms with Gasteiger partial charge in [-0.25, -0.2) is 0 Å². The fourth-order valence-electron chi connectivity index (χ4n) is 2.77. The lowest BCUT2D eigenvalue weighted by molar-refractivity contribution is -0.140. The summed E-state index contributed by atoms with van der Waals surface area (Å²) in [5, 5.41) is 3.42. The van der Waals surface area contributed by atoms with E-state index in [4.69, 9.17) is 11.6 Å². The van der Waals surface area contributed by atoms with Crippen LogP contribution >= 0.6 is 23.4 Å². The van der Waals surface area contributed by atoms with Gasteiger partial charge >= 0.3 is 0 Å². The van der Waals surface area contributed by atoms with Crippen molar-refractivity contribution in [3.05, 3.63) is 64.7 Å². The molecule has 0 aliphatic rings. The summed E-state index contributed by atoms with van der Waals surface area (Å²) < 4.78 is 0. The standard InChI is InChI=1S/C22H27ClN2O2S/c1-4-24-22(27)17(3)25(15-18-6-5-7-19(23)14-18)21(26)12-13-28-20-10-8-16(2)9-11-20/h5-11,14,17H,4,12-13,15H2,1-3H3,(H,24,27)/t17-/m0/s1. The zero-order valence-electron chi connectivity index (χ0n) is 16.6. The molecule has 0 saturated carbocycles. The molecule has 1 atom stereocenters. The summed E-state index contributed by atoms with van der Waals surface area (Å²) in [6.45, 7) is 6.57. The molecule has 4 nitrogen and oxygen atoms in total. The van der Waals surface area contributed by atoms with Crippen LogP contribution in [0.1, 0.15) is 31.4 Å². The van der Waals surface area contributed by atoms with E-state index in [0.29, 0.717) is 30.3 Å². The molecule has 28 heavy (non-hydrogen) atoms. The van der Waals surface area contributed by atoms with Crippen molar-refractivity contribution >= 4 is 35.2 Å². The number of hydrogen-bond donors (Lipinski definition) is 1. The summed E-state index contributed by atoms with van der Waals surface area (Å²) in [4.78, 5) is 28.0. The van der Waals surface area contributed by atoms with Crippen molar-refractivity contribution in [2.24, 2.45) is 0 Å². The number of benzene rings is 2. The third kappa shape index (κ3) is 6.88. The molecule has 0 fully saturated rings. The van der Waals surface area contributed by atoms with E-state index in [1.807, 2.05) is 25.1 Å². The van der Waals surface area contributed by atoms with Gasteiger partial charge in [0.2, 0.25) is 11.8 Å². The van der Waals surface area contributed by atoms with E-state index in [1.54, 1.807) is 29.7 Å². The second kappa shape index (κ2) is 11.1. The molecule has 0 bridgehead atoms. The number of carbonyl (C=O) groups excluding carboxylic acids is 2. The fraction of sp³-hybridized carbons (Fsp3) is 0.364. The van der Waals surface area contributed by atoms with Crippen molar-refractivity contribution in [3.8, 4) is 0 Å². The van der Waals surface area contributed by atoms with Crippen molar-refractivity contribution in [2.75, 3.05) is 12.3 Å². The number of rotatable bonds is 9. The molecule has 150 valence electrons. The van der Waals surface area contributed by atoms with Crippen LogP contribution in [0.5, 0.6) is 0 Å². The molecule has 0 unspecified atom stereocenters. The highest BCUT2D eigenvalue weighted by Crippen LogP contribution is 2.21. The molecule has 2 rings (SSSR count). The van der Waals surface area contributed by atoms with Gasteiger partial charge in [-0.05, 0) is 50.6 Å².